The van der Waals surface area contributed by atoms with Crippen molar-refractivity contribution in [3.63, 3.8) is 0 Å². The van der Waals surface area contributed by atoms with Crippen LogP contribution in [0.3, 0.4) is 0 Å². The molecule has 1 nitrogen and oxygen atoms in total. The molecule has 0 spiro atoms. The van der Waals surface area contributed by atoms with E-state index in [1.807, 2.05) is 0 Å². The lowest BCUT2D eigenvalue weighted by atomic mass is 10.0. The molecule has 1 heteroatoms. The Morgan fingerprint density at radius 2 is 1.50 bits per heavy atom. The van der Waals surface area contributed by atoms with Crippen molar-refractivity contribution < 1.29 is 0 Å². The summed E-state index contributed by atoms with van der Waals surface area (Å²) in [7, 11) is 0. The summed E-state index contributed by atoms with van der Waals surface area (Å²) in [5.74, 6) is 0.887. The van der Waals surface area contributed by atoms with Crippen molar-refractivity contribution in [3.8, 4) is 0 Å². The molecule has 0 radical (unpaired) electrons. The summed E-state index contributed by atoms with van der Waals surface area (Å²) in [5, 5.41) is 3.49. The zero-order valence-electron chi connectivity index (χ0n) is 10.4. The van der Waals surface area contributed by atoms with Crippen LogP contribution in [0.5, 0.6) is 0 Å². The third kappa shape index (κ3) is 12.0. The van der Waals surface area contributed by atoms with E-state index in [0.29, 0.717) is 0 Å². The largest absolute Gasteiger partial charge is 0.317 e. The number of hydrogen-bond acceptors (Lipinski definition) is 1. The number of nitrogens with one attached hydrogen (secondary N) is 1. The minimum Gasteiger partial charge on any atom is -0.317 e. The minimum absolute atomic E-state index is 0.887. The van der Waals surface area contributed by atoms with Crippen molar-refractivity contribution in [2.45, 2.75) is 65.7 Å². The standard InChI is InChI=1S/C13H29N/c1-4-5-11-14-12-9-7-6-8-10-13(2)3/h13-14H,4-12H2,1-3H3. The predicted molar refractivity (Wildman–Crippen MR) is 65.7 cm³/mol. The topological polar surface area (TPSA) is 12.0 Å². The van der Waals surface area contributed by atoms with Crippen LogP contribution < -0.4 is 5.32 Å². The van der Waals surface area contributed by atoms with Crippen molar-refractivity contribution >= 4 is 0 Å². The van der Waals surface area contributed by atoms with Crippen LogP contribution in [0.2, 0.25) is 0 Å². The summed E-state index contributed by atoms with van der Waals surface area (Å²) >= 11 is 0. The molecule has 14 heavy (non-hydrogen) atoms. The van der Waals surface area contributed by atoms with Gasteiger partial charge in [-0.05, 0) is 31.8 Å². The Balaban J connectivity index is 2.85. The molecule has 0 saturated heterocycles. The average Bonchev–Trinajstić information content (AvgIpc) is 2.15. The quantitative estimate of drug-likeness (QED) is 0.525. The van der Waals surface area contributed by atoms with Crippen LogP contribution in [0.4, 0.5) is 0 Å². The van der Waals surface area contributed by atoms with Crippen LogP contribution in [0.25, 0.3) is 0 Å². The number of unbranched alkanes of at least 4 members (excludes halogenated alkanes) is 4. The first-order chi connectivity index (χ1) is 6.77. The van der Waals surface area contributed by atoms with E-state index in [2.05, 4.69) is 26.1 Å². The van der Waals surface area contributed by atoms with Crippen molar-refractivity contribution in [1.82, 2.24) is 5.32 Å². The van der Waals surface area contributed by atoms with Gasteiger partial charge in [0.1, 0.15) is 0 Å². The lowest BCUT2D eigenvalue weighted by Gasteiger charge is -2.05. The van der Waals surface area contributed by atoms with Crippen LogP contribution in [0.1, 0.15) is 65.7 Å². The van der Waals surface area contributed by atoms with Crippen molar-refractivity contribution in [3.05, 3.63) is 0 Å². The molecule has 0 bridgehead atoms. The van der Waals surface area contributed by atoms with Crippen LogP contribution in [0.15, 0.2) is 0 Å². The highest BCUT2D eigenvalue weighted by atomic mass is 14.8. The van der Waals surface area contributed by atoms with E-state index in [0.717, 1.165) is 5.92 Å². The fraction of sp³-hybridized carbons (Fsp3) is 1.00. The highest BCUT2D eigenvalue weighted by Crippen LogP contribution is 2.08. The first-order valence-electron chi connectivity index (χ1n) is 6.48. The van der Waals surface area contributed by atoms with Crippen molar-refractivity contribution in [2.75, 3.05) is 13.1 Å². The average molecular weight is 199 g/mol. The highest BCUT2D eigenvalue weighted by Gasteiger charge is 1.94. The molecule has 0 aliphatic rings. The molecule has 0 aromatic heterocycles. The Bertz CT molecular complexity index is 99.4. The SMILES string of the molecule is CCCCNCCCCCCC(C)C. The molecule has 0 aliphatic heterocycles. The van der Waals surface area contributed by atoms with Gasteiger partial charge in [-0.1, -0.05) is 52.9 Å². The maximum atomic E-state index is 3.49. The molecule has 0 saturated carbocycles. The summed E-state index contributed by atoms with van der Waals surface area (Å²) < 4.78 is 0. The summed E-state index contributed by atoms with van der Waals surface area (Å²) in [6, 6.07) is 0. The van der Waals surface area contributed by atoms with Gasteiger partial charge in [-0.2, -0.15) is 0 Å². The Morgan fingerprint density at radius 1 is 0.857 bits per heavy atom. The predicted octanol–water partition coefficient (Wildman–Crippen LogP) is 3.98. The lowest BCUT2D eigenvalue weighted by molar-refractivity contribution is 0.511. The molecule has 0 unspecified atom stereocenters. The van der Waals surface area contributed by atoms with E-state index < -0.39 is 0 Å². The summed E-state index contributed by atoms with van der Waals surface area (Å²) in [6.07, 6.45) is 9.66. The Kier molecular flexibility index (Phi) is 11.0. The van der Waals surface area contributed by atoms with E-state index >= 15 is 0 Å². The highest BCUT2D eigenvalue weighted by molar-refractivity contribution is 4.51. The molecular formula is C13H29N. The smallest absolute Gasteiger partial charge is 0.00489 e. The second kappa shape index (κ2) is 11.0. The third-order valence-corrected chi connectivity index (χ3v) is 2.59. The normalized spacial score (nSPS) is 11.1. The monoisotopic (exact) mass is 199 g/mol. The van der Waals surface area contributed by atoms with Gasteiger partial charge in [0.25, 0.3) is 0 Å². The molecule has 0 aliphatic carbocycles. The van der Waals surface area contributed by atoms with Crippen molar-refractivity contribution in [1.29, 1.82) is 0 Å². The Morgan fingerprint density at radius 3 is 2.14 bits per heavy atom. The minimum atomic E-state index is 0.887. The van der Waals surface area contributed by atoms with E-state index in [4.69, 9.17) is 0 Å². The van der Waals surface area contributed by atoms with Crippen LogP contribution in [-0.4, -0.2) is 13.1 Å². The van der Waals surface area contributed by atoms with E-state index in [9.17, 15) is 0 Å². The zero-order chi connectivity index (χ0) is 10.6. The van der Waals surface area contributed by atoms with Gasteiger partial charge in [0, 0.05) is 0 Å². The maximum absolute atomic E-state index is 3.49. The Labute approximate surface area is 90.7 Å². The van der Waals surface area contributed by atoms with E-state index in [1.165, 1.54) is 58.0 Å². The zero-order valence-corrected chi connectivity index (χ0v) is 10.4. The van der Waals surface area contributed by atoms with Crippen LogP contribution in [-0.2, 0) is 0 Å². The number of hydrogen-bond donors (Lipinski definition) is 1. The molecule has 0 rings (SSSR count). The maximum Gasteiger partial charge on any atom is -0.00489 e. The van der Waals surface area contributed by atoms with E-state index in [1.54, 1.807) is 0 Å². The van der Waals surface area contributed by atoms with Crippen LogP contribution in [0, 0.1) is 5.92 Å². The van der Waals surface area contributed by atoms with Gasteiger partial charge < -0.3 is 5.32 Å². The fourth-order valence-electron chi connectivity index (χ4n) is 1.58. The first-order valence-corrected chi connectivity index (χ1v) is 6.48. The van der Waals surface area contributed by atoms with Gasteiger partial charge in [-0.15, -0.1) is 0 Å². The summed E-state index contributed by atoms with van der Waals surface area (Å²) in [4.78, 5) is 0. The van der Waals surface area contributed by atoms with Crippen LogP contribution >= 0.6 is 0 Å². The van der Waals surface area contributed by atoms with E-state index in [-0.39, 0.29) is 0 Å². The van der Waals surface area contributed by atoms with Gasteiger partial charge in [0.2, 0.25) is 0 Å². The molecule has 1 N–H and O–H groups in total. The lowest BCUT2D eigenvalue weighted by Crippen LogP contribution is -2.16. The van der Waals surface area contributed by atoms with Gasteiger partial charge in [0.15, 0.2) is 0 Å². The molecule has 0 aromatic carbocycles. The Hall–Kier alpha value is -0.0400. The molecule has 0 aromatic rings. The molecular weight excluding hydrogens is 170 g/mol. The van der Waals surface area contributed by atoms with Crippen molar-refractivity contribution in [2.24, 2.45) is 5.92 Å². The molecule has 0 amide bonds. The number of rotatable bonds is 10. The third-order valence-electron chi connectivity index (χ3n) is 2.59. The molecule has 0 fully saturated rings. The molecule has 86 valence electrons. The first kappa shape index (κ1) is 14.0. The second-order valence-corrected chi connectivity index (χ2v) is 4.70. The summed E-state index contributed by atoms with van der Waals surface area (Å²) in [6.45, 7) is 9.30. The molecule has 0 heterocycles. The van der Waals surface area contributed by atoms with Gasteiger partial charge >= 0.3 is 0 Å². The van der Waals surface area contributed by atoms with Gasteiger partial charge in [-0.25, -0.2) is 0 Å². The summed E-state index contributed by atoms with van der Waals surface area (Å²) in [5.41, 5.74) is 0. The molecule has 0 atom stereocenters. The fourth-order valence-corrected chi connectivity index (χ4v) is 1.58. The second-order valence-electron chi connectivity index (χ2n) is 4.70. The van der Waals surface area contributed by atoms with Gasteiger partial charge in [0.05, 0.1) is 0 Å². The van der Waals surface area contributed by atoms with Gasteiger partial charge in [-0.3, -0.25) is 0 Å².